The molecule has 2 aromatic heterocycles. The number of pyridine rings is 1. The lowest BCUT2D eigenvalue weighted by molar-refractivity contribution is 0.102. The number of para-hydroxylation sites is 1. The summed E-state index contributed by atoms with van der Waals surface area (Å²) in [6.07, 6.45) is 0. The molecule has 5 rings (SSSR count). The summed E-state index contributed by atoms with van der Waals surface area (Å²) < 4.78 is 1.66. The number of rotatable bonds is 4. The van der Waals surface area contributed by atoms with Gasteiger partial charge in [0.05, 0.1) is 11.2 Å². The fourth-order valence-corrected chi connectivity index (χ4v) is 3.57. The molecule has 0 aliphatic carbocycles. The molecule has 0 atom stereocenters. The number of anilines is 1. The number of nitrogens with one attached hydrogen (secondary N) is 1. The highest BCUT2D eigenvalue weighted by molar-refractivity contribution is 6.04. The fourth-order valence-electron chi connectivity index (χ4n) is 3.57. The van der Waals surface area contributed by atoms with Crippen LogP contribution in [0.25, 0.3) is 27.8 Å². The summed E-state index contributed by atoms with van der Waals surface area (Å²) >= 11 is 0. The lowest BCUT2D eigenvalue weighted by atomic mass is 10.0. The van der Waals surface area contributed by atoms with Gasteiger partial charge < -0.3 is 5.32 Å². The van der Waals surface area contributed by atoms with Crippen LogP contribution in [0.1, 0.15) is 16.1 Å². The lowest BCUT2D eigenvalue weighted by Gasteiger charge is -2.10. The number of aromatic nitrogens is 3. The Morgan fingerprint density at radius 3 is 2.32 bits per heavy atom. The van der Waals surface area contributed by atoms with E-state index in [9.17, 15) is 4.79 Å². The number of nitrogens with zero attached hydrogens (tertiary/aromatic N) is 3. The van der Waals surface area contributed by atoms with Crippen molar-refractivity contribution >= 4 is 22.6 Å². The highest BCUT2D eigenvalue weighted by Crippen LogP contribution is 2.22. The van der Waals surface area contributed by atoms with Gasteiger partial charge in [0.15, 0.2) is 5.82 Å². The number of aryl methyl sites for hydroxylation is 1. The van der Waals surface area contributed by atoms with E-state index in [4.69, 9.17) is 4.98 Å². The quantitative estimate of drug-likeness (QED) is 0.421. The molecular formula is C26H20N4O. The van der Waals surface area contributed by atoms with E-state index >= 15 is 0 Å². The Labute approximate surface area is 180 Å². The van der Waals surface area contributed by atoms with E-state index in [2.05, 4.69) is 10.4 Å². The summed E-state index contributed by atoms with van der Waals surface area (Å²) in [5.41, 5.74) is 4.44. The van der Waals surface area contributed by atoms with Gasteiger partial charge >= 0.3 is 0 Å². The van der Waals surface area contributed by atoms with E-state index in [1.165, 1.54) is 0 Å². The van der Waals surface area contributed by atoms with Crippen LogP contribution in [0, 0.1) is 6.92 Å². The van der Waals surface area contributed by atoms with Crippen LogP contribution in [0.5, 0.6) is 0 Å². The van der Waals surface area contributed by atoms with Crippen molar-refractivity contribution in [2.45, 2.75) is 6.92 Å². The first-order chi connectivity index (χ1) is 15.2. The first-order valence-corrected chi connectivity index (χ1v) is 10.1. The number of hydrogen-bond acceptors (Lipinski definition) is 3. The third-order valence-corrected chi connectivity index (χ3v) is 5.13. The molecule has 5 heteroatoms. The highest BCUT2D eigenvalue weighted by Gasteiger charge is 2.14. The van der Waals surface area contributed by atoms with Gasteiger partial charge in [0.1, 0.15) is 5.82 Å². The lowest BCUT2D eigenvalue weighted by Crippen LogP contribution is -2.15. The molecule has 0 spiro atoms. The summed E-state index contributed by atoms with van der Waals surface area (Å²) in [5.74, 6) is 1.04. The molecule has 0 aliphatic heterocycles. The van der Waals surface area contributed by atoms with Crippen LogP contribution in [-0.4, -0.2) is 20.7 Å². The third kappa shape index (κ3) is 3.81. The third-order valence-electron chi connectivity index (χ3n) is 5.13. The molecule has 31 heavy (non-hydrogen) atoms. The zero-order valence-corrected chi connectivity index (χ0v) is 17.0. The summed E-state index contributed by atoms with van der Waals surface area (Å²) in [6.45, 7) is 1.89. The second kappa shape index (κ2) is 7.88. The molecule has 1 amide bonds. The van der Waals surface area contributed by atoms with Gasteiger partial charge in [-0.25, -0.2) is 4.98 Å². The second-order valence-corrected chi connectivity index (χ2v) is 7.34. The van der Waals surface area contributed by atoms with Crippen molar-refractivity contribution in [2.24, 2.45) is 0 Å². The van der Waals surface area contributed by atoms with Crippen LogP contribution < -0.4 is 5.32 Å². The molecule has 0 radical (unpaired) electrons. The maximum Gasteiger partial charge on any atom is 0.256 e. The molecule has 1 N–H and O–H groups in total. The molecule has 0 saturated carbocycles. The number of hydrogen-bond donors (Lipinski definition) is 1. The first kappa shape index (κ1) is 18.8. The van der Waals surface area contributed by atoms with Gasteiger partial charge in [0.25, 0.3) is 5.91 Å². The van der Waals surface area contributed by atoms with Crippen LogP contribution in [0.3, 0.4) is 0 Å². The van der Waals surface area contributed by atoms with Gasteiger partial charge in [-0.1, -0.05) is 60.7 Å². The second-order valence-electron chi connectivity index (χ2n) is 7.34. The molecule has 0 saturated heterocycles. The summed E-state index contributed by atoms with van der Waals surface area (Å²) in [7, 11) is 0. The van der Waals surface area contributed by atoms with Crippen molar-refractivity contribution in [1.29, 1.82) is 0 Å². The number of carbonyl (C=O) groups excluding carboxylic acids is 1. The number of benzene rings is 3. The SMILES string of the molecule is Cc1cc(NC(=O)c2ccc(-c3ccccc3)cc2)n(-c2ccc3ccccc3n2)n1. The summed E-state index contributed by atoms with van der Waals surface area (Å²) in [6, 6.07) is 31.3. The van der Waals surface area contributed by atoms with Crippen molar-refractivity contribution in [3.05, 3.63) is 108 Å². The van der Waals surface area contributed by atoms with E-state index in [1.807, 2.05) is 104 Å². The van der Waals surface area contributed by atoms with Gasteiger partial charge in [-0.15, -0.1) is 0 Å². The highest BCUT2D eigenvalue weighted by atomic mass is 16.1. The topological polar surface area (TPSA) is 59.8 Å². The van der Waals surface area contributed by atoms with Crippen molar-refractivity contribution in [3.8, 4) is 16.9 Å². The largest absolute Gasteiger partial charge is 0.306 e. The number of fused-ring (bicyclic) bond motifs is 1. The Kier molecular flexibility index (Phi) is 4.77. The Hall–Kier alpha value is -4.25. The molecule has 2 heterocycles. The standard InChI is InChI=1S/C26H20N4O/c1-18-17-25(30(29-18)24-16-15-21-9-5-6-10-23(21)27-24)28-26(31)22-13-11-20(12-14-22)19-7-3-2-4-8-19/h2-17H,1H3,(H,28,31). The zero-order valence-electron chi connectivity index (χ0n) is 17.0. The molecule has 5 aromatic rings. The number of carbonyl (C=O) groups is 1. The van der Waals surface area contributed by atoms with E-state index in [0.29, 0.717) is 17.2 Å². The van der Waals surface area contributed by atoms with Crippen LogP contribution in [0.2, 0.25) is 0 Å². The monoisotopic (exact) mass is 404 g/mol. The van der Waals surface area contributed by atoms with Crippen LogP contribution in [-0.2, 0) is 0 Å². The van der Waals surface area contributed by atoms with Crippen molar-refractivity contribution in [2.75, 3.05) is 5.32 Å². The van der Waals surface area contributed by atoms with Gasteiger partial charge in [-0.05, 0) is 48.4 Å². The average molecular weight is 404 g/mol. The Bertz CT molecular complexity index is 1370. The van der Waals surface area contributed by atoms with Crippen LogP contribution in [0.4, 0.5) is 5.82 Å². The molecule has 0 bridgehead atoms. The molecule has 0 aliphatic rings. The average Bonchev–Trinajstić information content (AvgIpc) is 3.19. The molecule has 5 nitrogen and oxygen atoms in total. The van der Waals surface area contributed by atoms with Crippen molar-refractivity contribution in [1.82, 2.24) is 14.8 Å². The predicted octanol–water partition coefficient (Wildman–Crippen LogP) is 5.65. The smallest absolute Gasteiger partial charge is 0.256 e. The van der Waals surface area contributed by atoms with Gasteiger partial charge in [-0.2, -0.15) is 9.78 Å². The van der Waals surface area contributed by atoms with Crippen molar-refractivity contribution in [3.63, 3.8) is 0 Å². The van der Waals surface area contributed by atoms with E-state index in [1.54, 1.807) is 4.68 Å². The minimum absolute atomic E-state index is 0.193. The van der Waals surface area contributed by atoms with Crippen LogP contribution in [0.15, 0.2) is 97.1 Å². The number of amides is 1. The van der Waals surface area contributed by atoms with Gasteiger partial charge in [0, 0.05) is 17.0 Å². The van der Waals surface area contributed by atoms with Crippen LogP contribution >= 0.6 is 0 Å². The Balaban J connectivity index is 1.42. The van der Waals surface area contributed by atoms with E-state index in [-0.39, 0.29) is 5.91 Å². The maximum atomic E-state index is 12.9. The van der Waals surface area contributed by atoms with Crippen molar-refractivity contribution < 1.29 is 4.79 Å². The molecule has 0 unspecified atom stereocenters. The first-order valence-electron chi connectivity index (χ1n) is 10.1. The summed E-state index contributed by atoms with van der Waals surface area (Å²) in [4.78, 5) is 17.6. The minimum atomic E-state index is -0.193. The predicted molar refractivity (Wildman–Crippen MR) is 123 cm³/mol. The Morgan fingerprint density at radius 2 is 1.52 bits per heavy atom. The minimum Gasteiger partial charge on any atom is -0.306 e. The normalized spacial score (nSPS) is 10.9. The van der Waals surface area contributed by atoms with Gasteiger partial charge in [0.2, 0.25) is 0 Å². The maximum absolute atomic E-state index is 12.9. The summed E-state index contributed by atoms with van der Waals surface area (Å²) in [5, 5.41) is 8.56. The Morgan fingerprint density at radius 1 is 0.806 bits per heavy atom. The molecule has 3 aromatic carbocycles. The molecule has 0 fully saturated rings. The molecule has 150 valence electrons. The van der Waals surface area contributed by atoms with E-state index < -0.39 is 0 Å². The zero-order chi connectivity index (χ0) is 21.2. The fraction of sp³-hybridized carbons (Fsp3) is 0.0385. The molecular weight excluding hydrogens is 384 g/mol. The van der Waals surface area contributed by atoms with E-state index in [0.717, 1.165) is 27.7 Å². The van der Waals surface area contributed by atoms with Gasteiger partial charge in [-0.3, -0.25) is 4.79 Å².